The van der Waals surface area contributed by atoms with E-state index in [1.165, 1.54) is 29.3 Å². The Morgan fingerprint density at radius 1 is 0.953 bits per heavy atom. The van der Waals surface area contributed by atoms with Crippen molar-refractivity contribution in [3.05, 3.63) is 94.7 Å². The molecular formula is C32H31N3O7S. The summed E-state index contributed by atoms with van der Waals surface area (Å²) in [6, 6.07) is 15.1. The average Bonchev–Trinajstić information content (AvgIpc) is 3.44. The van der Waals surface area contributed by atoms with Crippen LogP contribution in [0.15, 0.2) is 71.8 Å². The highest BCUT2D eigenvalue weighted by Crippen LogP contribution is 2.40. The van der Waals surface area contributed by atoms with Crippen molar-refractivity contribution in [3.63, 3.8) is 0 Å². The predicted octanol–water partition coefficient (Wildman–Crippen LogP) is 3.97. The Morgan fingerprint density at radius 3 is 2.26 bits per heavy atom. The van der Waals surface area contributed by atoms with Gasteiger partial charge >= 0.3 is 5.97 Å². The summed E-state index contributed by atoms with van der Waals surface area (Å²) in [6.45, 7) is 4.20. The number of carbonyl (C=O) groups is 3. The number of methoxy groups -OCH3 is 2. The van der Waals surface area contributed by atoms with Crippen molar-refractivity contribution in [2.45, 2.75) is 43.8 Å². The van der Waals surface area contributed by atoms with E-state index < -0.39 is 28.1 Å². The number of aromatic nitrogens is 1. The number of ether oxygens (including phenoxy) is 2. The van der Waals surface area contributed by atoms with Gasteiger partial charge in [-0.15, -0.1) is 0 Å². The monoisotopic (exact) mass is 601 g/mol. The number of piperazine rings is 1. The van der Waals surface area contributed by atoms with Crippen LogP contribution in [0.5, 0.6) is 5.75 Å². The van der Waals surface area contributed by atoms with E-state index in [2.05, 4.69) is 0 Å². The molecule has 2 atom stereocenters. The van der Waals surface area contributed by atoms with Gasteiger partial charge in [-0.2, -0.15) is 0 Å². The summed E-state index contributed by atoms with van der Waals surface area (Å²) in [5.41, 5.74) is 3.56. The lowest BCUT2D eigenvalue weighted by molar-refractivity contribution is -0.170. The van der Waals surface area contributed by atoms with Gasteiger partial charge in [-0.25, -0.2) is 17.2 Å². The third-order valence-corrected chi connectivity index (χ3v) is 10.1. The van der Waals surface area contributed by atoms with Gasteiger partial charge < -0.3 is 19.3 Å². The largest absolute Gasteiger partial charge is 0.496 e. The minimum absolute atomic E-state index is 0.00682. The second-order valence-electron chi connectivity index (χ2n) is 10.9. The summed E-state index contributed by atoms with van der Waals surface area (Å²) in [5, 5.41) is 0.601. The van der Waals surface area contributed by atoms with Gasteiger partial charge in [-0.05, 0) is 67.8 Å². The number of esters is 1. The van der Waals surface area contributed by atoms with Crippen molar-refractivity contribution in [2.75, 3.05) is 20.8 Å². The van der Waals surface area contributed by atoms with Crippen LogP contribution in [0.25, 0.3) is 10.9 Å². The third kappa shape index (κ3) is 4.55. The standard InChI is InChI=1S/C32H31N3O7S/c1-19-5-11-23(12-6-19)43(39,40)35-16-13-24-25(27(41-3)17-20(2)28(24)35)18-34-29(31(37)33-15-14-26(33)30(34)36)21-7-9-22(10-8-21)32(38)42-4/h5-13,16-17,26,29H,14-15,18H2,1-4H3/t26-,29?/m0/s1. The molecule has 222 valence electrons. The van der Waals surface area contributed by atoms with Crippen LogP contribution < -0.4 is 4.74 Å². The van der Waals surface area contributed by atoms with E-state index in [4.69, 9.17) is 9.47 Å². The molecular weight excluding hydrogens is 570 g/mol. The SMILES string of the molecule is COC(=O)c1ccc(C2C(=O)N3CC[C@H]3C(=O)N2Cc2c(OC)cc(C)c3c2ccn3S(=O)(=O)c2ccc(C)cc2)cc1. The zero-order valence-corrected chi connectivity index (χ0v) is 25.1. The Bertz CT molecular complexity index is 1880. The van der Waals surface area contributed by atoms with Crippen LogP contribution in [-0.4, -0.2) is 66.8 Å². The van der Waals surface area contributed by atoms with Crippen molar-refractivity contribution >= 4 is 38.7 Å². The maximum Gasteiger partial charge on any atom is 0.337 e. The van der Waals surface area contributed by atoms with Gasteiger partial charge in [-0.1, -0.05) is 29.8 Å². The first-order valence-corrected chi connectivity index (χ1v) is 15.3. The van der Waals surface area contributed by atoms with Crippen LogP contribution in [-0.2, 0) is 30.9 Å². The van der Waals surface area contributed by atoms with E-state index in [0.29, 0.717) is 51.9 Å². The number of hydrogen-bond acceptors (Lipinski definition) is 7. The highest BCUT2D eigenvalue weighted by molar-refractivity contribution is 7.90. The number of aryl methyl sites for hydroxylation is 2. The summed E-state index contributed by atoms with van der Waals surface area (Å²) in [6.07, 6.45) is 2.08. The van der Waals surface area contributed by atoms with Gasteiger partial charge in [0.1, 0.15) is 17.8 Å². The molecule has 1 aromatic heterocycles. The summed E-state index contributed by atoms with van der Waals surface area (Å²) >= 11 is 0. The zero-order chi connectivity index (χ0) is 30.6. The predicted molar refractivity (Wildman–Crippen MR) is 158 cm³/mol. The Hall–Kier alpha value is -4.64. The number of amides is 2. The Labute approximate surface area is 249 Å². The van der Waals surface area contributed by atoms with E-state index in [-0.39, 0.29) is 23.3 Å². The Morgan fingerprint density at radius 2 is 1.65 bits per heavy atom. The molecule has 2 saturated heterocycles. The van der Waals surface area contributed by atoms with E-state index in [1.54, 1.807) is 65.6 Å². The smallest absolute Gasteiger partial charge is 0.337 e. The van der Waals surface area contributed by atoms with Crippen molar-refractivity contribution in [2.24, 2.45) is 0 Å². The minimum Gasteiger partial charge on any atom is -0.496 e. The van der Waals surface area contributed by atoms with Gasteiger partial charge in [-0.3, -0.25) is 9.59 Å². The summed E-state index contributed by atoms with van der Waals surface area (Å²) in [5.74, 6) is -0.431. The Kier molecular flexibility index (Phi) is 7.00. The highest BCUT2D eigenvalue weighted by atomic mass is 32.2. The van der Waals surface area contributed by atoms with Gasteiger partial charge in [0.25, 0.3) is 15.9 Å². The lowest BCUT2D eigenvalue weighted by Crippen LogP contribution is -2.66. The minimum atomic E-state index is -3.93. The van der Waals surface area contributed by atoms with Crippen LogP contribution in [0.4, 0.5) is 0 Å². The Balaban J connectivity index is 1.46. The molecule has 2 aliphatic heterocycles. The number of nitrogens with zero attached hydrogens (tertiary/aromatic N) is 3. The van der Waals surface area contributed by atoms with Gasteiger partial charge in [0.2, 0.25) is 5.91 Å². The fraction of sp³-hybridized carbons (Fsp3) is 0.281. The molecule has 11 heteroatoms. The molecule has 43 heavy (non-hydrogen) atoms. The van der Waals surface area contributed by atoms with Gasteiger partial charge in [0, 0.05) is 23.7 Å². The topological polar surface area (TPSA) is 115 Å². The normalized spacial score (nSPS) is 18.4. The molecule has 0 aliphatic carbocycles. The van der Waals surface area contributed by atoms with E-state index in [9.17, 15) is 22.8 Å². The second kappa shape index (κ2) is 10.6. The highest BCUT2D eigenvalue weighted by Gasteiger charge is 2.51. The molecule has 0 saturated carbocycles. The molecule has 0 bridgehead atoms. The first kappa shape index (κ1) is 28.5. The molecule has 2 aliphatic rings. The summed E-state index contributed by atoms with van der Waals surface area (Å²) in [4.78, 5) is 42.8. The fourth-order valence-corrected chi connectivity index (χ4v) is 7.41. The molecule has 6 rings (SSSR count). The van der Waals surface area contributed by atoms with Crippen molar-refractivity contribution < 1.29 is 32.3 Å². The van der Waals surface area contributed by atoms with Gasteiger partial charge in [0.05, 0.1) is 36.7 Å². The van der Waals surface area contributed by atoms with E-state index in [1.807, 2.05) is 13.8 Å². The summed E-state index contributed by atoms with van der Waals surface area (Å²) in [7, 11) is -1.12. The lowest BCUT2D eigenvalue weighted by Gasteiger charge is -2.50. The van der Waals surface area contributed by atoms with Crippen LogP contribution in [0.1, 0.15) is 45.1 Å². The molecule has 2 fully saturated rings. The molecule has 1 unspecified atom stereocenters. The molecule has 0 N–H and O–H groups in total. The van der Waals surface area contributed by atoms with Gasteiger partial charge in [0.15, 0.2) is 0 Å². The maximum atomic E-state index is 13.8. The second-order valence-corrected chi connectivity index (χ2v) is 12.7. The first-order valence-electron chi connectivity index (χ1n) is 13.9. The number of fused-ring (bicyclic) bond motifs is 2. The quantitative estimate of drug-likeness (QED) is 0.295. The van der Waals surface area contributed by atoms with Crippen LogP contribution in [0.2, 0.25) is 0 Å². The third-order valence-electron chi connectivity index (χ3n) is 8.39. The average molecular weight is 602 g/mol. The lowest BCUT2D eigenvalue weighted by atomic mass is 9.90. The van der Waals surface area contributed by atoms with Crippen LogP contribution >= 0.6 is 0 Å². The molecule has 3 heterocycles. The fourth-order valence-electron chi connectivity index (χ4n) is 6.00. The number of rotatable bonds is 7. The molecule has 10 nitrogen and oxygen atoms in total. The van der Waals surface area contributed by atoms with Crippen LogP contribution in [0, 0.1) is 13.8 Å². The molecule has 2 amide bonds. The van der Waals surface area contributed by atoms with E-state index >= 15 is 0 Å². The summed E-state index contributed by atoms with van der Waals surface area (Å²) < 4.78 is 39.3. The molecule has 0 spiro atoms. The number of carbonyl (C=O) groups excluding carboxylic acids is 3. The molecule has 0 radical (unpaired) electrons. The number of hydrogen-bond donors (Lipinski definition) is 0. The van der Waals surface area contributed by atoms with Crippen molar-refractivity contribution in [1.82, 2.24) is 13.8 Å². The maximum absolute atomic E-state index is 13.8. The number of benzene rings is 3. The molecule has 3 aromatic carbocycles. The zero-order valence-electron chi connectivity index (χ0n) is 24.2. The van der Waals surface area contributed by atoms with Crippen molar-refractivity contribution in [3.8, 4) is 5.75 Å². The van der Waals surface area contributed by atoms with Crippen LogP contribution in [0.3, 0.4) is 0 Å². The van der Waals surface area contributed by atoms with Crippen molar-refractivity contribution in [1.29, 1.82) is 0 Å². The molecule has 4 aromatic rings. The van der Waals surface area contributed by atoms with E-state index in [0.717, 1.165) is 5.56 Å². The first-order chi connectivity index (χ1) is 20.6.